The van der Waals surface area contributed by atoms with Crippen molar-refractivity contribution in [2.24, 2.45) is 0 Å². The number of nitrogens with zero attached hydrogens (tertiary/aromatic N) is 2. The largest absolute Gasteiger partial charge is 0.342 e. The Hall–Kier alpha value is -1.84. The maximum absolute atomic E-state index is 12.3. The Morgan fingerprint density at radius 2 is 1.68 bits per heavy atom. The molecule has 1 aliphatic heterocycles. The summed E-state index contributed by atoms with van der Waals surface area (Å²) in [6.45, 7) is 6.75. The first-order valence-corrected chi connectivity index (χ1v) is 6.70. The van der Waals surface area contributed by atoms with Gasteiger partial charge in [0.15, 0.2) is 0 Å². The van der Waals surface area contributed by atoms with Gasteiger partial charge in [-0.3, -0.25) is 9.59 Å². The summed E-state index contributed by atoms with van der Waals surface area (Å²) in [5, 5.41) is 0. The van der Waals surface area contributed by atoms with Crippen LogP contribution in [0.25, 0.3) is 0 Å². The van der Waals surface area contributed by atoms with Gasteiger partial charge in [-0.2, -0.15) is 0 Å². The standard InChI is InChI=1S/C15H20N2O2/c1-12(2)13-3-5-14(6-4-13)15(19)17-9-7-16(11-18)8-10-17/h3-6,11-12H,7-10H2,1-2H3. The molecule has 0 radical (unpaired) electrons. The highest BCUT2D eigenvalue weighted by molar-refractivity contribution is 5.94. The number of carbonyl (C=O) groups is 2. The van der Waals surface area contributed by atoms with Crippen molar-refractivity contribution in [2.45, 2.75) is 19.8 Å². The number of hydrogen-bond donors (Lipinski definition) is 0. The molecule has 2 amide bonds. The van der Waals surface area contributed by atoms with Crippen molar-refractivity contribution >= 4 is 12.3 Å². The minimum absolute atomic E-state index is 0.0563. The number of hydrogen-bond acceptors (Lipinski definition) is 2. The maximum Gasteiger partial charge on any atom is 0.253 e. The van der Waals surface area contributed by atoms with Crippen molar-refractivity contribution in [3.63, 3.8) is 0 Å². The molecule has 4 heteroatoms. The number of rotatable bonds is 3. The van der Waals surface area contributed by atoms with E-state index in [4.69, 9.17) is 0 Å². The Labute approximate surface area is 114 Å². The van der Waals surface area contributed by atoms with Crippen LogP contribution in [-0.4, -0.2) is 48.3 Å². The number of amides is 2. The van der Waals surface area contributed by atoms with E-state index in [1.165, 1.54) is 5.56 Å². The van der Waals surface area contributed by atoms with Crippen molar-refractivity contribution in [1.82, 2.24) is 9.80 Å². The number of carbonyl (C=O) groups excluding carboxylic acids is 2. The van der Waals surface area contributed by atoms with E-state index in [2.05, 4.69) is 13.8 Å². The van der Waals surface area contributed by atoms with Gasteiger partial charge in [0.05, 0.1) is 0 Å². The van der Waals surface area contributed by atoms with E-state index in [1.807, 2.05) is 29.2 Å². The normalized spacial score (nSPS) is 15.7. The Bertz CT molecular complexity index is 446. The highest BCUT2D eigenvalue weighted by atomic mass is 16.2. The van der Waals surface area contributed by atoms with Crippen molar-refractivity contribution in [3.05, 3.63) is 35.4 Å². The van der Waals surface area contributed by atoms with Gasteiger partial charge in [0.1, 0.15) is 0 Å². The molecule has 0 atom stereocenters. The fourth-order valence-corrected chi connectivity index (χ4v) is 2.22. The molecule has 0 spiro atoms. The summed E-state index contributed by atoms with van der Waals surface area (Å²) < 4.78 is 0. The molecule has 1 aromatic carbocycles. The third-order valence-corrected chi connectivity index (χ3v) is 3.57. The van der Waals surface area contributed by atoms with Crippen LogP contribution in [0.4, 0.5) is 0 Å². The second kappa shape index (κ2) is 5.87. The van der Waals surface area contributed by atoms with Crippen LogP contribution < -0.4 is 0 Å². The molecular weight excluding hydrogens is 240 g/mol. The topological polar surface area (TPSA) is 40.6 Å². The molecule has 1 heterocycles. The lowest BCUT2D eigenvalue weighted by molar-refractivity contribution is -0.119. The van der Waals surface area contributed by atoms with Gasteiger partial charge >= 0.3 is 0 Å². The number of piperazine rings is 1. The van der Waals surface area contributed by atoms with Crippen LogP contribution in [0.15, 0.2) is 24.3 Å². The van der Waals surface area contributed by atoms with E-state index in [0.717, 1.165) is 12.0 Å². The molecule has 1 saturated heterocycles. The molecular formula is C15H20N2O2. The number of benzene rings is 1. The lowest BCUT2D eigenvalue weighted by Crippen LogP contribution is -2.48. The molecule has 2 rings (SSSR count). The van der Waals surface area contributed by atoms with Crippen molar-refractivity contribution in [3.8, 4) is 0 Å². The molecule has 1 aliphatic rings. The Morgan fingerprint density at radius 1 is 1.11 bits per heavy atom. The van der Waals surface area contributed by atoms with E-state index in [-0.39, 0.29) is 5.91 Å². The smallest absolute Gasteiger partial charge is 0.253 e. The highest BCUT2D eigenvalue weighted by Gasteiger charge is 2.21. The first-order chi connectivity index (χ1) is 9.11. The molecule has 0 bridgehead atoms. The summed E-state index contributed by atoms with van der Waals surface area (Å²) in [6, 6.07) is 7.81. The first kappa shape index (κ1) is 13.6. The van der Waals surface area contributed by atoms with Gasteiger partial charge in [-0.05, 0) is 23.6 Å². The zero-order valence-corrected chi connectivity index (χ0v) is 11.5. The molecule has 0 unspecified atom stereocenters. The zero-order valence-electron chi connectivity index (χ0n) is 11.5. The van der Waals surface area contributed by atoms with Crippen molar-refractivity contribution < 1.29 is 9.59 Å². The fourth-order valence-electron chi connectivity index (χ4n) is 2.22. The predicted octanol–water partition coefficient (Wildman–Crippen LogP) is 1.72. The Kier molecular flexibility index (Phi) is 4.20. The SMILES string of the molecule is CC(C)c1ccc(C(=O)N2CCN(C=O)CC2)cc1. The minimum Gasteiger partial charge on any atom is -0.342 e. The van der Waals surface area contributed by atoms with Crippen LogP contribution in [0.2, 0.25) is 0 Å². The van der Waals surface area contributed by atoms with E-state index in [9.17, 15) is 9.59 Å². The van der Waals surface area contributed by atoms with Gasteiger partial charge in [0.25, 0.3) is 5.91 Å². The van der Waals surface area contributed by atoms with E-state index >= 15 is 0 Å². The maximum atomic E-state index is 12.3. The van der Waals surface area contributed by atoms with Crippen LogP contribution >= 0.6 is 0 Å². The summed E-state index contributed by atoms with van der Waals surface area (Å²) in [6.07, 6.45) is 0.846. The molecule has 0 N–H and O–H groups in total. The Morgan fingerprint density at radius 3 is 2.16 bits per heavy atom. The predicted molar refractivity (Wildman–Crippen MR) is 74.1 cm³/mol. The van der Waals surface area contributed by atoms with Gasteiger partial charge in [-0.1, -0.05) is 26.0 Å². The quantitative estimate of drug-likeness (QED) is 0.776. The summed E-state index contributed by atoms with van der Waals surface area (Å²) in [4.78, 5) is 26.4. The molecule has 19 heavy (non-hydrogen) atoms. The lowest BCUT2D eigenvalue weighted by Gasteiger charge is -2.32. The van der Waals surface area contributed by atoms with E-state index in [1.54, 1.807) is 4.90 Å². The average molecular weight is 260 g/mol. The average Bonchev–Trinajstić information content (AvgIpc) is 2.46. The van der Waals surface area contributed by atoms with E-state index < -0.39 is 0 Å². The second-order valence-electron chi connectivity index (χ2n) is 5.21. The van der Waals surface area contributed by atoms with Gasteiger partial charge in [-0.25, -0.2) is 0 Å². The van der Waals surface area contributed by atoms with Gasteiger partial charge in [0, 0.05) is 31.7 Å². The molecule has 1 aromatic rings. The molecule has 0 aromatic heterocycles. The first-order valence-electron chi connectivity index (χ1n) is 6.70. The monoisotopic (exact) mass is 260 g/mol. The van der Waals surface area contributed by atoms with E-state index in [0.29, 0.717) is 32.1 Å². The van der Waals surface area contributed by atoms with Crippen LogP contribution in [-0.2, 0) is 4.79 Å². The zero-order chi connectivity index (χ0) is 13.8. The van der Waals surface area contributed by atoms with Crippen molar-refractivity contribution in [1.29, 1.82) is 0 Å². The summed E-state index contributed by atoms with van der Waals surface area (Å²) >= 11 is 0. The fraction of sp³-hybridized carbons (Fsp3) is 0.467. The van der Waals surface area contributed by atoms with Crippen LogP contribution in [0.3, 0.4) is 0 Å². The highest BCUT2D eigenvalue weighted by Crippen LogP contribution is 2.16. The molecule has 0 saturated carbocycles. The van der Waals surface area contributed by atoms with Gasteiger partial charge in [-0.15, -0.1) is 0 Å². The molecule has 0 aliphatic carbocycles. The molecule has 4 nitrogen and oxygen atoms in total. The van der Waals surface area contributed by atoms with Crippen molar-refractivity contribution in [2.75, 3.05) is 26.2 Å². The summed E-state index contributed by atoms with van der Waals surface area (Å²) in [5.74, 6) is 0.529. The van der Waals surface area contributed by atoms with Gasteiger partial charge in [0.2, 0.25) is 6.41 Å². The summed E-state index contributed by atoms with van der Waals surface area (Å²) in [5.41, 5.74) is 1.96. The lowest BCUT2D eigenvalue weighted by atomic mass is 10.0. The third-order valence-electron chi connectivity index (χ3n) is 3.57. The molecule has 102 valence electrons. The van der Waals surface area contributed by atoms with Crippen LogP contribution in [0, 0.1) is 0 Å². The van der Waals surface area contributed by atoms with Gasteiger partial charge < -0.3 is 9.80 Å². The minimum atomic E-state index is 0.0563. The summed E-state index contributed by atoms with van der Waals surface area (Å²) in [7, 11) is 0. The second-order valence-corrected chi connectivity index (χ2v) is 5.21. The molecule has 1 fully saturated rings. The van der Waals surface area contributed by atoms with Crippen LogP contribution in [0.5, 0.6) is 0 Å². The van der Waals surface area contributed by atoms with Crippen LogP contribution in [0.1, 0.15) is 35.7 Å². The third kappa shape index (κ3) is 3.13. The Balaban J connectivity index is 2.02.